The van der Waals surface area contributed by atoms with Gasteiger partial charge in [-0.15, -0.1) is 13.2 Å². The molecule has 4 aromatic rings. The molecule has 0 amide bonds. The van der Waals surface area contributed by atoms with Crippen LogP contribution >= 0.6 is 0 Å². The highest BCUT2D eigenvalue weighted by molar-refractivity contribution is 5.85. The maximum atomic E-state index is 12.5. The lowest BCUT2D eigenvalue weighted by atomic mass is 9.80. The first-order valence-corrected chi connectivity index (χ1v) is 11.8. The standard InChI is InChI=1S/C26H28F3N5O/c1-15-10-16(2)12-20(11-15)34-24-9-4-18(22-14-30-33-17(22)3)13-23(24)32-25(34)31-19-5-7-21(8-6-19)35-26(27,28)29/h4-9,13-16,20H,10-12H2,1-3H3,(H,30,33)(H,31,32). The smallest absolute Gasteiger partial charge is 0.406 e. The van der Waals surface area contributed by atoms with Crippen LogP contribution in [0, 0.1) is 18.8 Å². The first kappa shape index (κ1) is 23.3. The third-order valence-corrected chi connectivity index (χ3v) is 6.69. The first-order chi connectivity index (χ1) is 16.7. The van der Waals surface area contributed by atoms with Gasteiger partial charge in [0.2, 0.25) is 5.95 Å². The Bertz CT molecular complexity index is 1320. The van der Waals surface area contributed by atoms with Crippen molar-refractivity contribution in [3.05, 3.63) is 54.4 Å². The number of alkyl halides is 3. The number of benzene rings is 2. The maximum absolute atomic E-state index is 12.5. The summed E-state index contributed by atoms with van der Waals surface area (Å²) in [5.41, 5.74) is 5.56. The second-order valence-electron chi connectivity index (χ2n) is 9.69. The number of hydrogen-bond donors (Lipinski definition) is 2. The zero-order chi connectivity index (χ0) is 24.7. The molecule has 2 heterocycles. The van der Waals surface area contributed by atoms with E-state index in [4.69, 9.17) is 4.98 Å². The Labute approximate surface area is 201 Å². The topological polar surface area (TPSA) is 67.8 Å². The van der Waals surface area contributed by atoms with E-state index in [1.807, 2.05) is 13.1 Å². The number of hydrogen-bond acceptors (Lipinski definition) is 4. The van der Waals surface area contributed by atoms with Crippen molar-refractivity contribution in [3.63, 3.8) is 0 Å². The molecule has 1 aliphatic rings. The molecule has 9 heteroatoms. The molecular weight excluding hydrogens is 455 g/mol. The highest BCUT2D eigenvalue weighted by Crippen LogP contribution is 2.40. The molecule has 2 aromatic carbocycles. The normalized spacial score (nSPS) is 20.8. The van der Waals surface area contributed by atoms with Gasteiger partial charge in [0.05, 0.1) is 17.2 Å². The Balaban J connectivity index is 1.53. The SMILES string of the molecule is Cc1[nH]ncc1-c1ccc2c(c1)nc(Nc1ccc(OC(F)(F)F)cc1)n2C1CC(C)CC(C)C1. The molecule has 0 saturated heterocycles. The highest BCUT2D eigenvalue weighted by atomic mass is 19.4. The molecule has 6 nitrogen and oxygen atoms in total. The minimum Gasteiger partial charge on any atom is -0.406 e. The molecule has 2 N–H and O–H groups in total. The number of nitrogens with one attached hydrogen (secondary N) is 2. The quantitative estimate of drug-likeness (QED) is 0.311. The molecule has 0 aliphatic heterocycles. The van der Waals surface area contributed by atoms with E-state index in [0.29, 0.717) is 23.5 Å². The van der Waals surface area contributed by atoms with E-state index in [9.17, 15) is 13.2 Å². The van der Waals surface area contributed by atoms with Gasteiger partial charge in [0.25, 0.3) is 0 Å². The number of aryl methyl sites for hydroxylation is 1. The fourth-order valence-electron chi connectivity index (χ4n) is 5.35. The lowest BCUT2D eigenvalue weighted by Gasteiger charge is -2.33. The number of anilines is 2. The predicted molar refractivity (Wildman–Crippen MR) is 130 cm³/mol. The maximum Gasteiger partial charge on any atom is 0.573 e. The molecule has 1 saturated carbocycles. The van der Waals surface area contributed by atoms with E-state index in [2.05, 4.69) is 56.9 Å². The molecule has 0 radical (unpaired) electrons. The Hall–Kier alpha value is -3.49. The van der Waals surface area contributed by atoms with Crippen LogP contribution in [0.3, 0.4) is 0 Å². The van der Waals surface area contributed by atoms with Crippen molar-refractivity contribution in [2.75, 3.05) is 5.32 Å². The number of H-pyrrole nitrogens is 1. The van der Waals surface area contributed by atoms with Gasteiger partial charge >= 0.3 is 6.36 Å². The van der Waals surface area contributed by atoms with Crippen LogP contribution in [0.4, 0.5) is 24.8 Å². The summed E-state index contributed by atoms with van der Waals surface area (Å²) in [7, 11) is 0. The zero-order valence-corrected chi connectivity index (χ0v) is 19.9. The van der Waals surface area contributed by atoms with E-state index < -0.39 is 6.36 Å². The van der Waals surface area contributed by atoms with Crippen LogP contribution in [0.25, 0.3) is 22.2 Å². The summed E-state index contributed by atoms with van der Waals surface area (Å²) in [6.07, 6.45) is 0.386. The van der Waals surface area contributed by atoms with Crippen molar-refractivity contribution in [2.45, 2.75) is 52.4 Å². The van der Waals surface area contributed by atoms with Gasteiger partial charge in [-0.2, -0.15) is 5.10 Å². The average molecular weight is 484 g/mol. The van der Waals surface area contributed by atoms with Crippen molar-refractivity contribution in [1.82, 2.24) is 19.7 Å². The van der Waals surface area contributed by atoms with Crippen molar-refractivity contribution >= 4 is 22.7 Å². The molecule has 0 spiro atoms. The monoisotopic (exact) mass is 483 g/mol. The number of aromatic nitrogens is 4. The van der Waals surface area contributed by atoms with Crippen LogP contribution in [-0.2, 0) is 0 Å². The van der Waals surface area contributed by atoms with Gasteiger partial charge in [0.1, 0.15) is 5.75 Å². The van der Waals surface area contributed by atoms with E-state index in [0.717, 1.165) is 40.7 Å². The number of aromatic amines is 1. The minimum absolute atomic E-state index is 0.258. The summed E-state index contributed by atoms with van der Waals surface area (Å²) in [4.78, 5) is 4.93. The van der Waals surface area contributed by atoms with Crippen LogP contribution in [0.1, 0.15) is 44.8 Å². The van der Waals surface area contributed by atoms with E-state index >= 15 is 0 Å². The van der Waals surface area contributed by atoms with E-state index in [1.165, 1.54) is 18.6 Å². The van der Waals surface area contributed by atoms with Crippen LogP contribution in [0.5, 0.6) is 5.75 Å². The first-order valence-electron chi connectivity index (χ1n) is 11.8. The van der Waals surface area contributed by atoms with Crippen molar-refractivity contribution in [3.8, 4) is 16.9 Å². The Kier molecular flexibility index (Phi) is 5.94. The second kappa shape index (κ2) is 8.94. The van der Waals surface area contributed by atoms with Gasteiger partial charge in [0.15, 0.2) is 0 Å². The molecule has 2 aromatic heterocycles. The van der Waals surface area contributed by atoms with Gasteiger partial charge < -0.3 is 14.6 Å². The Morgan fingerprint density at radius 3 is 2.37 bits per heavy atom. The fraction of sp³-hybridized carbons (Fsp3) is 0.385. The molecule has 1 aliphatic carbocycles. The molecule has 184 valence electrons. The summed E-state index contributed by atoms with van der Waals surface area (Å²) in [6, 6.07) is 12.2. The third kappa shape index (κ3) is 4.99. The van der Waals surface area contributed by atoms with Crippen molar-refractivity contribution < 1.29 is 17.9 Å². The average Bonchev–Trinajstić information content (AvgIpc) is 3.35. The summed E-state index contributed by atoms with van der Waals surface area (Å²) < 4.78 is 43.9. The zero-order valence-electron chi connectivity index (χ0n) is 19.9. The summed E-state index contributed by atoms with van der Waals surface area (Å²) >= 11 is 0. The second-order valence-corrected chi connectivity index (χ2v) is 9.69. The Morgan fingerprint density at radius 2 is 1.74 bits per heavy atom. The Morgan fingerprint density at radius 1 is 1.03 bits per heavy atom. The van der Waals surface area contributed by atoms with Gasteiger partial charge in [0, 0.05) is 23.0 Å². The summed E-state index contributed by atoms with van der Waals surface area (Å²) in [5.74, 6) is 1.62. The van der Waals surface area contributed by atoms with Gasteiger partial charge in [-0.25, -0.2) is 4.98 Å². The third-order valence-electron chi connectivity index (χ3n) is 6.69. The van der Waals surface area contributed by atoms with E-state index in [-0.39, 0.29) is 11.8 Å². The molecule has 1 fully saturated rings. The molecule has 35 heavy (non-hydrogen) atoms. The van der Waals surface area contributed by atoms with Gasteiger partial charge in [-0.1, -0.05) is 19.9 Å². The summed E-state index contributed by atoms with van der Waals surface area (Å²) in [6.45, 7) is 6.55. The van der Waals surface area contributed by atoms with Crippen LogP contribution < -0.4 is 10.1 Å². The molecular formula is C26H28F3N5O. The lowest BCUT2D eigenvalue weighted by molar-refractivity contribution is -0.274. The van der Waals surface area contributed by atoms with Gasteiger partial charge in [-0.05, 0) is 80.0 Å². The molecule has 0 bridgehead atoms. The molecule has 2 atom stereocenters. The molecule has 2 unspecified atom stereocenters. The van der Waals surface area contributed by atoms with Crippen LogP contribution in [0.15, 0.2) is 48.7 Å². The van der Waals surface area contributed by atoms with Crippen LogP contribution in [-0.4, -0.2) is 26.1 Å². The number of fused-ring (bicyclic) bond motifs is 1. The van der Waals surface area contributed by atoms with Crippen molar-refractivity contribution in [2.24, 2.45) is 11.8 Å². The van der Waals surface area contributed by atoms with Crippen molar-refractivity contribution in [1.29, 1.82) is 0 Å². The number of halogens is 3. The lowest BCUT2D eigenvalue weighted by Crippen LogP contribution is -2.23. The number of rotatable bonds is 5. The minimum atomic E-state index is -4.72. The number of imidazole rings is 1. The number of ether oxygens (including phenoxy) is 1. The highest BCUT2D eigenvalue weighted by Gasteiger charge is 2.31. The molecule has 5 rings (SSSR count). The summed E-state index contributed by atoms with van der Waals surface area (Å²) in [5, 5.41) is 10.4. The largest absolute Gasteiger partial charge is 0.573 e. The predicted octanol–water partition coefficient (Wildman–Crippen LogP) is 7.37. The fourth-order valence-corrected chi connectivity index (χ4v) is 5.35. The van der Waals surface area contributed by atoms with Gasteiger partial charge in [-0.3, -0.25) is 5.10 Å². The number of nitrogens with zero attached hydrogens (tertiary/aromatic N) is 3. The van der Waals surface area contributed by atoms with E-state index in [1.54, 1.807) is 12.1 Å². The van der Waals surface area contributed by atoms with Crippen LogP contribution in [0.2, 0.25) is 0 Å².